The van der Waals surface area contributed by atoms with Crippen LogP contribution in [0.2, 0.25) is 0 Å². The molecule has 2 aliphatic heterocycles. The molecule has 3 rings (SSSR count). The van der Waals surface area contributed by atoms with E-state index < -0.39 is 44.7 Å². The van der Waals surface area contributed by atoms with E-state index in [1.807, 2.05) is 6.07 Å². The van der Waals surface area contributed by atoms with Gasteiger partial charge in [0.15, 0.2) is 0 Å². The fraction of sp³-hybridized carbons (Fsp3) is 0.450. The van der Waals surface area contributed by atoms with Crippen LogP contribution in [0.5, 0.6) is 0 Å². The fourth-order valence-electron chi connectivity index (χ4n) is 3.71. The van der Waals surface area contributed by atoms with Crippen molar-refractivity contribution in [2.24, 2.45) is 0 Å². The number of carboxylic acid groups (broad SMARTS) is 1. The van der Waals surface area contributed by atoms with E-state index in [9.17, 15) is 29.5 Å². The summed E-state index contributed by atoms with van der Waals surface area (Å²) in [7, 11) is 0. The van der Waals surface area contributed by atoms with Gasteiger partial charge in [0.1, 0.15) is 17.5 Å². The first-order chi connectivity index (χ1) is 14.4. The van der Waals surface area contributed by atoms with Crippen LogP contribution in [0.1, 0.15) is 27.7 Å². The molecule has 2 heterocycles. The average Bonchev–Trinajstić information content (AvgIpc) is 2.95. The van der Waals surface area contributed by atoms with Crippen LogP contribution in [0.3, 0.4) is 0 Å². The molecule has 0 radical (unpaired) electrons. The van der Waals surface area contributed by atoms with Gasteiger partial charge in [-0.25, -0.2) is 4.79 Å². The first-order valence-electron chi connectivity index (χ1n) is 9.44. The smallest absolute Gasteiger partial charge is 0.327 e. The Bertz CT molecular complexity index is 1010. The van der Waals surface area contributed by atoms with Crippen LogP contribution >= 0.6 is 23.5 Å². The SMILES string of the molecule is CC(=O)Nc1ccccc1SC(C)C(=O)N[C@@]1(C#N)C(=O)N2[C@@H](C(=O)O)C(C)(C)S[C@@H]21. The van der Waals surface area contributed by atoms with Gasteiger partial charge in [0.25, 0.3) is 5.91 Å². The topological polar surface area (TPSA) is 140 Å². The van der Waals surface area contributed by atoms with Gasteiger partial charge in [0.05, 0.1) is 10.9 Å². The number of aliphatic carboxylic acids is 1. The molecule has 9 nitrogen and oxygen atoms in total. The normalized spacial score (nSPS) is 26.8. The molecule has 0 saturated carbocycles. The standard InChI is InChI=1S/C20H22N4O5S2/c1-10(30-13-8-6-5-7-12(13)22-11(2)25)15(26)23-20(9-21)17(29)24-14(16(27)28)19(3,4)31-18(20)24/h5-8,10,14,18H,1-4H3,(H,22,25)(H,23,26)(H,27,28)/t10?,14-,18+,20-/m0/s1. The number of nitrogens with zero attached hydrogens (tertiary/aromatic N) is 2. The maximum absolute atomic E-state index is 12.9. The molecule has 1 aromatic rings. The Labute approximate surface area is 187 Å². The molecule has 2 aliphatic rings. The Balaban J connectivity index is 1.77. The van der Waals surface area contributed by atoms with E-state index in [0.29, 0.717) is 10.6 Å². The van der Waals surface area contributed by atoms with Crippen LogP contribution in [0.4, 0.5) is 5.69 Å². The summed E-state index contributed by atoms with van der Waals surface area (Å²) in [4.78, 5) is 50.7. The maximum atomic E-state index is 12.9. The number of hydrogen-bond acceptors (Lipinski definition) is 7. The molecule has 2 saturated heterocycles. The molecule has 31 heavy (non-hydrogen) atoms. The van der Waals surface area contributed by atoms with Crippen LogP contribution in [0.15, 0.2) is 29.2 Å². The lowest BCUT2D eigenvalue weighted by atomic mass is 9.85. The molecule has 0 aliphatic carbocycles. The number of rotatable bonds is 6. The second-order valence-corrected chi connectivity index (χ2v) is 11.0. The monoisotopic (exact) mass is 462 g/mol. The average molecular weight is 463 g/mol. The van der Waals surface area contributed by atoms with Crippen LogP contribution in [-0.2, 0) is 19.2 Å². The van der Waals surface area contributed by atoms with Crippen molar-refractivity contribution in [2.75, 3.05) is 5.32 Å². The number of carbonyl (C=O) groups excluding carboxylic acids is 3. The number of carbonyl (C=O) groups is 4. The molecule has 0 bridgehead atoms. The predicted molar refractivity (Wildman–Crippen MR) is 116 cm³/mol. The molecular weight excluding hydrogens is 440 g/mol. The van der Waals surface area contributed by atoms with Crippen molar-refractivity contribution < 1.29 is 24.3 Å². The largest absolute Gasteiger partial charge is 0.480 e. The molecule has 2 fully saturated rings. The number of β-lactam (4-membered cyclic amide) rings is 1. The molecule has 3 amide bonds. The van der Waals surface area contributed by atoms with E-state index in [0.717, 1.165) is 0 Å². The minimum atomic E-state index is -1.81. The molecule has 11 heteroatoms. The lowest BCUT2D eigenvalue weighted by molar-refractivity contribution is -0.165. The van der Waals surface area contributed by atoms with Crippen molar-refractivity contribution in [1.82, 2.24) is 10.2 Å². The molecule has 1 aromatic carbocycles. The Morgan fingerprint density at radius 2 is 1.97 bits per heavy atom. The molecular formula is C20H22N4O5S2. The summed E-state index contributed by atoms with van der Waals surface area (Å²) in [6, 6.07) is 7.83. The summed E-state index contributed by atoms with van der Waals surface area (Å²) < 4.78 is -0.812. The third kappa shape index (κ3) is 3.85. The lowest BCUT2D eigenvalue weighted by Gasteiger charge is -2.49. The molecule has 1 unspecified atom stereocenters. The van der Waals surface area contributed by atoms with Crippen LogP contribution in [-0.4, -0.2) is 60.6 Å². The number of anilines is 1. The summed E-state index contributed by atoms with van der Waals surface area (Å²) in [6.45, 7) is 6.41. The number of hydrogen-bond donors (Lipinski definition) is 3. The van der Waals surface area contributed by atoms with Crippen LogP contribution in [0.25, 0.3) is 0 Å². The van der Waals surface area contributed by atoms with Crippen LogP contribution in [0, 0.1) is 11.3 Å². The number of nitriles is 1. The predicted octanol–water partition coefficient (Wildman–Crippen LogP) is 1.65. The van der Waals surface area contributed by atoms with Crippen molar-refractivity contribution in [3.05, 3.63) is 24.3 Å². The summed E-state index contributed by atoms with van der Waals surface area (Å²) in [5.41, 5.74) is -1.26. The van der Waals surface area contributed by atoms with Gasteiger partial charge in [-0.1, -0.05) is 12.1 Å². The van der Waals surface area contributed by atoms with Gasteiger partial charge in [-0.3, -0.25) is 14.4 Å². The van der Waals surface area contributed by atoms with E-state index >= 15 is 0 Å². The number of benzene rings is 1. The van der Waals surface area contributed by atoms with Gasteiger partial charge >= 0.3 is 5.97 Å². The van der Waals surface area contributed by atoms with E-state index in [-0.39, 0.29) is 5.91 Å². The number of carboxylic acids is 1. The van der Waals surface area contributed by atoms with E-state index in [1.165, 1.54) is 35.3 Å². The minimum absolute atomic E-state index is 0.248. The summed E-state index contributed by atoms with van der Waals surface area (Å²) >= 11 is 2.36. The lowest BCUT2D eigenvalue weighted by Crippen LogP contribution is -2.79. The molecule has 0 aromatic heterocycles. The highest BCUT2D eigenvalue weighted by molar-refractivity contribution is 8.01. The van der Waals surface area contributed by atoms with Crippen molar-refractivity contribution in [3.63, 3.8) is 0 Å². The minimum Gasteiger partial charge on any atom is -0.480 e. The second-order valence-electron chi connectivity index (χ2n) is 7.87. The number of nitrogens with one attached hydrogen (secondary N) is 2. The zero-order valence-electron chi connectivity index (χ0n) is 17.3. The summed E-state index contributed by atoms with van der Waals surface area (Å²) in [5.74, 6) is -2.64. The van der Waals surface area contributed by atoms with Gasteiger partial charge in [-0.05, 0) is 32.9 Å². The van der Waals surface area contributed by atoms with Gasteiger partial charge in [0, 0.05) is 16.6 Å². The van der Waals surface area contributed by atoms with E-state index in [1.54, 1.807) is 45.0 Å². The highest BCUT2D eigenvalue weighted by atomic mass is 32.2. The van der Waals surface area contributed by atoms with Crippen LogP contribution < -0.4 is 10.6 Å². The number of para-hydroxylation sites is 1. The Kier molecular flexibility index (Phi) is 5.99. The first kappa shape index (κ1) is 23.0. The molecule has 0 spiro atoms. The summed E-state index contributed by atoms with van der Waals surface area (Å²) in [5, 5.41) is 23.1. The quantitative estimate of drug-likeness (QED) is 0.428. The molecule has 4 atom stereocenters. The highest BCUT2D eigenvalue weighted by Gasteiger charge is 2.73. The van der Waals surface area contributed by atoms with Gasteiger partial charge in [-0.2, -0.15) is 5.26 Å². The van der Waals surface area contributed by atoms with Crippen molar-refractivity contribution in [2.45, 2.75) is 59.5 Å². The van der Waals surface area contributed by atoms with Crippen molar-refractivity contribution in [1.29, 1.82) is 5.26 Å². The second kappa shape index (κ2) is 8.09. The summed E-state index contributed by atoms with van der Waals surface area (Å²) in [6.07, 6.45) is 0. The van der Waals surface area contributed by atoms with Crippen molar-refractivity contribution in [3.8, 4) is 6.07 Å². The Morgan fingerprint density at radius 1 is 1.32 bits per heavy atom. The third-order valence-electron chi connectivity index (χ3n) is 5.15. The fourth-order valence-corrected chi connectivity index (χ4v) is 6.30. The zero-order valence-corrected chi connectivity index (χ0v) is 19.0. The number of thioether (sulfide) groups is 2. The third-order valence-corrected chi connectivity index (χ3v) is 7.96. The number of fused-ring (bicyclic) bond motifs is 1. The highest BCUT2D eigenvalue weighted by Crippen LogP contribution is 2.54. The van der Waals surface area contributed by atoms with Gasteiger partial charge in [0.2, 0.25) is 17.4 Å². The Hall–Kier alpha value is -2.71. The van der Waals surface area contributed by atoms with Gasteiger partial charge in [-0.15, -0.1) is 23.5 Å². The van der Waals surface area contributed by atoms with E-state index in [2.05, 4.69) is 10.6 Å². The zero-order chi connectivity index (χ0) is 23.1. The first-order valence-corrected chi connectivity index (χ1v) is 11.2. The van der Waals surface area contributed by atoms with E-state index in [4.69, 9.17) is 0 Å². The Morgan fingerprint density at radius 3 is 2.55 bits per heavy atom. The number of amides is 3. The molecule has 3 N–H and O–H groups in total. The molecule has 164 valence electrons. The maximum Gasteiger partial charge on any atom is 0.327 e. The van der Waals surface area contributed by atoms with Gasteiger partial charge < -0.3 is 20.6 Å². The van der Waals surface area contributed by atoms with Crippen molar-refractivity contribution >= 4 is 52.9 Å².